The Morgan fingerprint density at radius 2 is 1.36 bits per heavy atom. The maximum Gasteiger partial charge on any atom is 0.238 e. The van der Waals surface area contributed by atoms with Gasteiger partial charge in [-0.1, -0.05) is 36.4 Å². The first-order valence-corrected chi connectivity index (χ1v) is 8.77. The Hall–Kier alpha value is -3.77. The molecule has 0 fully saturated rings. The highest BCUT2D eigenvalue weighted by Crippen LogP contribution is 2.33. The number of rotatable bonds is 4. The third-order valence-corrected chi connectivity index (χ3v) is 4.59. The molecule has 0 saturated carbocycles. The van der Waals surface area contributed by atoms with Gasteiger partial charge in [0.2, 0.25) is 5.91 Å². The number of benzene rings is 3. The third kappa shape index (κ3) is 3.06. The Balaban J connectivity index is 1.67. The molecule has 0 saturated heterocycles. The Morgan fingerprint density at radius 3 is 2.04 bits per heavy atom. The standard InChI is InChI=1S/C22H17N3O3/c23-12-19(26)25-14-10-8-13(9-11-14)24-18-7-3-6-17-20(18)22(28)16-5-2-1-4-15(16)21(17)27/h1-11,24H,12,23H2,(H,25,26). The molecule has 4 rings (SSSR count). The molecule has 0 aromatic heterocycles. The summed E-state index contributed by atoms with van der Waals surface area (Å²) >= 11 is 0. The second-order valence-corrected chi connectivity index (χ2v) is 6.39. The Morgan fingerprint density at radius 1 is 0.750 bits per heavy atom. The lowest BCUT2D eigenvalue weighted by molar-refractivity contribution is -0.114. The third-order valence-electron chi connectivity index (χ3n) is 4.59. The van der Waals surface area contributed by atoms with E-state index in [0.29, 0.717) is 33.6 Å². The number of ketones is 2. The number of nitrogens with one attached hydrogen (secondary N) is 2. The van der Waals surface area contributed by atoms with Gasteiger partial charge in [0, 0.05) is 28.1 Å². The van der Waals surface area contributed by atoms with Gasteiger partial charge in [0.05, 0.1) is 17.8 Å². The smallest absolute Gasteiger partial charge is 0.238 e. The van der Waals surface area contributed by atoms with Crippen LogP contribution in [0.25, 0.3) is 0 Å². The molecule has 4 N–H and O–H groups in total. The van der Waals surface area contributed by atoms with Crippen LogP contribution in [0.15, 0.2) is 66.7 Å². The van der Waals surface area contributed by atoms with E-state index in [1.807, 2.05) is 0 Å². The Bertz CT molecular complexity index is 1100. The van der Waals surface area contributed by atoms with Crippen molar-refractivity contribution in [1.29, 1.82) is 0 Å². The number of fused-ring (bicyclic) bond motifs is 2. The number of amides is 1. The molecule has 0 heterocycles. The van der Waals surface area contributed by atoms with Crippen LogP contribution in [0.1, 0.15) is 31.8 Å². The predicted octanol–water partition coefficient (Wildman–Crippen LogP) is 3.10. The first-order chi connectivity index (χ1) is 13.6. The van der Waals surface area contributed by atoms with Crippen molar-refractivity contribution in [3.63, 3.8) is 0 Å². The van der Waals surface area contributed by atoms with E-state index in [0.717, 1.165) is 5.69 Å². The highest BCUT2D eigenvalue weighted by Gasteiger charge is 2.31. The van der Waals surface area contributed by atoms with E-state index >= 15 is 0 Å². The summed E-state index contributed by atoms with van der Waals surface area (Å²) in [6.45, 7) is -0.0895. The van der Waals surface area contributed by atoms with E-state index < -0.39 is 0 Å². The molecule has 0 unspecified atom stereocenters. The normalized spacial score (nSPS) is 12.2. The SMILES string of the molecule is NCC(=O)Nc1ccc(Nc2cccc3c2C(=O)c2ccccc2C3=O)cc1. The molecule has 0 radical (unpaired) electrons. The van der Waals surface area contributed by atoms with Crippen LogP contribution in [-0.4, -0.2) is 24.0 Å². The molecule has 3 aromatic carbocycles. The van der Waals surface area contributed by atoms with E-state index in [-0.39, 0.29) is 24.0 Å². The maximum atomic E-state index is 13.0. The van der Waals surface area contributed by atoms with E-state index in [2.05, 4.69) is 10.6 Å². The van der Waals surface area contributed by atoms with E-state index in [1.165, 1.54) is 0 Å². The second kappa shape index (κ2) is 7.09. The highest BCUT2D eigenvalue weighted by molar-refractivity contribution is 6.30. The monoisotopic (exact) mass is 371 g/mol. The van der Waals surface area contributed by atoms with Crippen molar-refractivity contribution in [2.24, 2.45) is 5.73 Å². The minimum absolute atomic E-state index is 0.0895. The van der Waals surface area contributed by atoms with Gasteiger partial charge < -0.3 is 16.4 Å². The van der Waals surface area contributed by atoms with Gasteiger partial charge in [-0.3, -0.25) is 14.4 Å². The average Bonchev–Trinajstić information content (AvgIpc) is 2.73. The summed E-state index contributed by atoms with van der Waals surface area (Å²) < 4.78 is 0. The van der Waals surface area contributed by atoms with E-state index in [4.69, 9.17) is 5.73 Å². The number of hydrogen-bond donors (Lipinski definition) is 3. The van der Waals surface area contributed by atoms with Gasteiger partial charge in [0.15, 0.2) is 11.6 Å². The minimum Gasteiger partial charge on any atom is -0.355 e. The molecule has 1 aliphatic carbocycles. The number of carbonyl (C=O) groups is 3. The van der Waals surface area contributed by atoms with Gasteiger partial charge in [0.25, 0.3) is 0 Å². The summed E-state index contributed by atoms with van der Waals surface area (Å²) in [6.07, 6.45) is 0. The Kier molecular flexibility index (Phi) is 4.47. The Labute approximate surface area is 161 Å². The zero-order chi connectivity index (χ0) is 19.7. The predicted molar refractivity (Wildman–Crippen MR) is 107 cm³/mol. The van der Waals surface area contributed by atoms with E-state index in [1.54, 1.807) is 66.7 Å². The molecular formula is C22H17N3O3. The van der Waals surface area contributed by atoms with Crippen LogP contribution in [-0.2, 0) is 4.79 Å². The molecule has 0 atom stereocenters. The molecule has 1 aliphatic rings. The average molecular weight is 371 g/mol. The van der Waals surface area contributed by atoms with Crippen molar-refractivity contribution >= 4 is 34.5 Å². The molecule has 1 amide bonds. The number of nitrogens with two attached hydrogens (primary N) is 1. The van der Waals surface area contributed by atoms with Gasteiger partial charge in [-0.15, -0.1) is 0 Å². The van der Waals surface area contributed by atoms with Crippen molar-refractivity contribution in [3.05, 3.63) is 89.0 Å². The van der Waals surface area contributed by atoms with Gasteiger partial charge in [0.1, 0.15) is 0 Å². The summed E-state index contributed by atoms with van der Waals surface area (Å²) in [5.41, 5.74) is 8.79. The number of hydrogen-bond acceptors (Lipinski definition) is 5. The highest BCUT2D eigenvalue weighted by atomic mass is 16.2. The largest absolute Gasteiger partial charge is 0.355 e. The fourth-order valence-corrected chi connectivity index (χ4v) is 3.25. The maximum absolute atomic E-state index is 13.0. The molecule has 138 valence electrons. The summed E-state index contributed by atoms with van der Waals surface area (Å²) in [5.74, 6) is -0.616. The van der Waals surface area contributed by atoms with Crippen LogP contribution in [0.3, 0.4) is 0 Å². The fourth-order valence-electron chi connectivity index (χ4n) is 3.25. The van der Waals surface area contributed by atoms with Crippen molar-refractivity contribution in [3.8, 4) is 0 Å². The van der Waals surface area contributed by atoms with Gasteiger partial charge in [-0.2, -0.15) is 0 Å². The molecule has 6 heteroatoms. The lowest BCUT2D eigenvalue weighted by Crippen LogP contribution is -2.22. The van der Waals surface area contributed by atoms with E-state index in [9.17, 15) is 14.4 Å². The first kappa shape index (κ1) is 17.6. The summed E-state index contributed by atoms with van der Waals surface area (Å²) in [4.78, 5) is 37.2. The molecule has 28 heavy (non-hydrogen) atoms. The van der Waals surface area contributed by atoms with Crippen LogP contribution >= 0.6 is 0 Å². The first-order valence-electron chi connectivity index (χ1n) is 8.77. The molecule has 0 bridgehead atoms. The summed E-state index contributed by atoms with van der Waals surface area (Å²) in [7, 11) is 0. The minimum atomic E-state index is -0.277. The van der Waals surface area contributed by atoms with Crippen LogP contribution in [0.4, 0.5) is 17.1 Å². The summed E-state index contributed by atoms with van der Waals surface area (Å²) in [5, 5.41) is 5.86. The lowest BCUT2D eigenvalue weighted by atomic mass is 9.83. The molecule has 0 spiro atoms. The lowest BCUT2D eigenvalue weighted by Gasteiger charge is -2.20. The number of carbonyl (C=O) groups excluding carboxylic acids is 3. The van der Waals surface area contributed by atoms with Gasteiger partial charge >= 0.3 is 0 Å². The van der Waals surface area contributed by atoms with Crippen molar-refractivity contribution < 1.29 is 14.4 Å². The molecule has 6 nitrogen and oxygen atoms in total. The summed E-state index contributed by atoms with van der Waals surface area (Å²) in [6, 6.07) is 19.0. The van der Waals surface area contributed by atoms with Crippen LogP contribution in [0.5, 0.6) is 0 Å². The van der Waals surface area contributed by atoms with Crippen molar-refractivity contribution in [2.75, 3.05) is 17.2 Å². The zero-order valence-corrected chi connectivity index (χ0v) is 14.9. The van der Waals surface area contributed by atoms with Crippen LogP contribution in [0.2, 0.25) is 0 Å². The van der Waals surface area contributed by atoms with Crippen molar-refractivity contribution in [2.45, 2.75) is 0 Å². The molecule has 0 aliphatic heterocycles. The second-order valence-electron chi connectivity index (χ2n) is 6.39. The zero-order valence-electron chi connectivity index (χ0n) is 14.9. The van der Waals surface area contributed by atoms with Crippen LogP contribution in [0, 0.1) is 0 Å². The van der Waals surface area contributed by atoms with Crippen LogP contribution < -0.4 is 16.4 Å². The molecular weight excluding hydrogens is 354 g/mol. The van der Waals surface area contributed by atoms with Gasteiger partial charge in [-0.05, 0) is 30.3 Å². The fraction of sp³-hybridized carbons (Fsp3) is 0.0455. The number of anilines is 3. The van der Waals surface area contributed by atoms with Gasteiger partial charge in [-0.25, -0.2) is 0 Å². The quantitative estimate of drug-likeness (QED) is 0.512. The molecule has 3 aromatic rings. The van der Waals surface area contributed by atoms with Crippen molar-refractivity contribution in [1.82, 2.24) is 0 Å². The topological polar surface area (TPSA) is 101 Å².